The highest BCUT2D eigenvalue weighted by atomic mass is 15.2. The van der Waals surface area contributed by atoms with Crippen molar-refractivity contribution in [2.45, 2.75) is 87.1 Å². The monoisotopic (exact) mass is 269 g/mol. The molecule has 0 heterocycles. The van der Waals surface area contributed by atoms with Crippen molar-refractivity contribution in [2.24, 2.45) is 16.7 Å². The van der Waals surface area contributed by atoms with Crippen molar-refractivity contribution in [1.29, 1.82) is 0 Å². The first-order chi connectivity index (χ1) is 8.23. The first-order valence-corrected chi connectivity index (χ1v) is 7.94. The summed E-state index contributed by atoms with van der Waals surface area (Å²) in [7, 11) is 2.29. The molecule has 0 saturated carbocycles. The quantitative estimate of drug-likeness (QED) is 0.607. The van der Waals surface area contributed by atoms with Crippen molar-refractivity contribution in [2.75, 3.05) is 13.6 Å². The molecule has 0 aliphatic rings. The largest absolute Gasteiger partial charge is 0.301 e. The molecule has 0 amide bonds. The summed E-state index contributed by atoms with van der Waals surface area (Å²) in [6.07, 6.45) is 3.86. The average molecular weight is 270 g/mol. The fourth-order valence-corrected chi connectivity index (χ4v) is 2.93. The molecule has 1 nitrogen and oxygen atoms in total. The summed E-state index contributed by atoms with van der Waals surface area (Å²) in [4.78, 5) is 2.55. The molecule has 0 fully saturated rings. The summed E-state index contributed by atoms with van der Waals surface area (Å²) >= 11 is 0. The molecule has 0 aromatic rings. The maximum absolute atomic E-state index is 2.55. The molecule has 1 unspecified atom stereocenters. The van der Waals surface area contributed by atoms with Gasteiger partial charge in [0.1, 0.15) is 0 Å². The lowest BCUT2D eigenvalue weighted by molar-refractivity contribution is 0.103. The Kier molecular flexibility index (Phi) is 6.59. The van der Waals surface area contributed by atoms with E-state index in [0.29, 0.717) is 16.4 Å². The third-order valence-corrected chi connectivity index (χ3v) is 4.04. The van der Waals surface area contributed by atoms with Gasteiger partial charge in [-0.25, -0.2) is 0 Å². The normalized spacial score (nSPS) is 15.9. The van der Waals surface area contributed by atoms with Gasteiger partial charge >= 0.3 is 0 Å². The minimum absolute atomic E-state index is 0.302. The molecule has 116 valence electrons. The molecule has 0 aromatic carbocycles. The fourth-order valence-electron chi connectivity index (χ4n) is 2.93. The van der Waals surface area contributed by atoms with Crippen LogP contribution in [-0.2, 0) is 0 Å². The van der Waals surface area contributed by atoms with Gasteiger partial charge in [0.25, 0.3) is 0 Å². The Morgan fingerprint density at radius 1 is 0.789 bits per heavy atom. The number of hydrogen-bond donors (Lipinski definition) is 0. The van der Waals surface area contributed by atoms with Crippen LogP contribution in [0.3, 0.4) is 0 Å². The van der Waals surface area contributed by atoms with Gasteiger partial charge in [-0.1, -0.05) is 48.5 Å². The van der Waals surface area contributed by atoms with Gasteiger partial charge in [-0.05, 0) is 63.5 Å². The van der Waals surface area contributed by atoms with Gasteiger partial charge in [0, 0.05) is 5.54 Å². The van der Waals surface area contributed by atoms with E-state index in [-0.39, 0.29) is 0 Å². The Labute approximate surface area is 123 Å². The fraction of sp³-hybridized carbons (Fsp3) is 1.00. The van der Waals surface area contributed by atoms with Crippen molar-refractivity contribution < 1.29 is 0 Å². The molecule has 1 atom stereocenters. The second-order valence-corrected chi connectivity index (χ2v) is 9.62. The maximum Gasteiger partial charge on any atom is 0.0152 e. The minimum Gasteiger partial charge on any atom is -0.301 e. The summed E-state index contributed by atoms with van der Waals surface area (Å²) in [6, 6.07) is 0. The van der Waals surface area contributed by atoms with E-state index in [2.05, 4.69) is 74.3 Å². The van der Waals surface area contributed by atoms with Crippen LogP contribution in [0.2, 0.25) is 0 Å². The lowest BCUT2D eigenvalue weighted by atomic mass is 9.79. The second-order valence-electron chi connectivity index (χ2n) is 9.62. The molecule has 0 aliphatic heterocycles. The second kappa shape index (κ2) is 6.61. The highest BCUT2D eigenvalue weighted by Gasteiger charge is 2.28. The van der Waals surface area contributed by atoms with Gasteiger partial charge in [-0.3, -0.25) is 0 Å². The third kappa shape index (κ3) is 9.49. The molecule has 0 spiro atoms. The highest BCUT2D eigenvalue weighted by Crippen LogP contribution is 2.32. The summed E-state index contributed by atoms with van der Waals surface area (Å²) < 4.78 is 0. The topological polar surface area (TPSA) is 3.24 Å². The van der Waals surface area contributed by atoms with Gasteiger partial charge in [0.05, 0.1) is 0 Å². The van der Waals surface area contributed by atoms with Crippen LogP contribution in [0.5, 0.6) is 0 Å². The van der Waals surface area contributed by atoms with E-state index < -0.39 is 0 Å². The van der Waals surface area contributed by atoms with Crippen LogP contribution in [0.4, 0.5) is 0 Å². The molecular formula is C18H39N. The molecule has 0 aromatic heterocycles. The molecule has 0 saturated heterocycles. The van der Waals surface area contributed by atoms with Crippen molar-refractivity contribution in [3.63, 3.8) is 0 Å². The lowest BCUT2D eigenvalue weighted by Gasteiger charge is -2.40. The van der Waals surface area contributed by atoms with E-state index in [1.54, 1.807) is 0 Å². The van der Waals surface area contributed by atoms with Crippen LogP contribution in [-0.4, -0.2) is 24.0 Å². The number of hydrogen-bond acceptors (Lipinski definition) is 1. The molecule has 0 aliphatic carbocycles. The van der Waals surface area contributed by atoms with Gasteiger partial charge < -0.3 is 4.90 Å². The van der Waals surface area contributed by atoms with Crippen molar-refractivity contribution in [3.8, 4) is 0 Å². The summed E-state index contributed by atoms with van der Waals surface area (Å²) in [5.41, 5.74) is 1.18. The van der Waals surface area contributed by atoms with Gasteiger partial charge in [0.2, 0.25) is 0 Å². The SMILES string of the molecule is CC(CC(C)(C)C)CC(C)(C)N(C)CCC(C)(C)C. The first-order valence-electron chi connectivity index (χ1n) is 7.94. The minimum atomic E-state index is 0.302. The third-order valence-electron chi connectivity index (χ3n) is 4.04. The van der Waals surface area contributed by atoms with Crippen LogP contribution < -0.4 is 0 Å². The zero-order valence-electron chi connectivity index (χ0n) is 15.4. The molecule has 0 bridgehead atoms. The zero-order valence-corrected chi connectivity index (χ0v) is 15.4. The molecule has 0 radical (unpaired) electrons. The van der Waals surface area contributed by atoms with Gasteiger partial charge in [-0.2, -0.15) is 0 Å². The summed E-state index contributed by atoms with van der Waals surface area (Å²) in [6.45, 7) is 22.4. The first kappa shape index (κ1) is 19.0. The molecular weight excluding hydrogens is 230 g/mol. The van der Waals surface area contributed by atoms with Crippen LogP contribution in [0.1, 0.15) is 81.6 Å². The van der Waals surface area contributed by atoms with E-state index in [1.807, 2.05) is 0 Å². The molecule has 19 heavy (non-hydrogen) atoms. The van der Waals surface area contributed by atoms with Crippen molar-refractivity contribution >= 4 is 0 Å². The Balaban J connectivity index is 4.36. The highest BCUT2D eigenvalue weighted by molar-refractivity contribution is 4.83. The Morgan fingerprint density at radius 3 is 1.63 bits per heavy atom. The Morgan fingerprint density at radius 2 is 1.26 bits per heavy atom. The van der Waals surface area contributed by atoms with E-state index in [0.717, 1.165) is 5.92 Å². The number of rotatable bonds is 6. The van der Waals surface area contributed by atoms with Crippen molar-refractivity contribution in [3.05, 3.63) is 0 Å². The zero-order chi connectivity index (χ0) is 15.5. The standard InChI is InChI=1S/C18H39N/c1-15(13-17(5,6)7)14-18(8,9)19(10)12-11-16(2,3)4/h15H,11-14H2,1-10H3. The molecule has 0 N–H and O–H groups in total. The smallest absolute Gasteiger partial charge is 0.0152 e. The number of nitrogens with zero attached hydrogens (tertiary/aromatic N) is 1. The van der Waals surface area contributed by atoms with Crippen LogP contribution in [0, 0.1) is 16.7 Å². The van der Waals surface area contributed by atoms with E-state index in [9.17, 15) is 0 Å². The van der Waals surface area contributed by atoms with E-state index >= 15 is 0 Å². The predicted octanol–water partition coefficient (Wildman–Crippen LogP) is 5.60. The van der Waals surface area contributed by atoms with Crippen molar-refractivity contribution in [1.82, 2.24) is 4.90 Å². The molecule has 1 heteroatoms. The van der Waals surface area contributed by atoms with E-state index in [1.165, 1.54) is 25.8 Å². The van der Waals surface area contributed by atoms with Crippen LogP contribution in [0.15, 0.2) is 0 Å². The van der Waals surface area contributed by atoms with Crippen LogP contribution >= 0.6 is 0 Å². The Hall–Kier alpha value is -0.0400. The van der Waals surface area contributed by atoms with Gasteiger partial charge in [0.15, 0.2) is 0 Å². The van der Waals surface area contributed by atoms with Gasteiger partial charge in [-0.15, -0.1) is 0 Å². The summed E-state index contributed by atoms with van der Waals surface area (Å²) in [5, 5.41) is 0. The van der Waals surface area contributed by atoms with Crippen LogP contribution in [0.25, 0.3) is 0 Å². The predicted molar refractivity (Wildman–Crippen MR) is 88.6 cm³/mol. The average Bonchev–Trinajstić information content (AvgIpc) is 2.08. The van der Waals surface area contributed by atoms with E-state index in [4.69, 9.17) is 0 Å². The maximum atomic E-state index is 2.55. The molecule has 0 rings (SSSR count). The summed E-state index contributed by atoms with van der Waals surface area (Å²) in [5.74, 6) is 0.784. The lowest BCUT2D eigenvalue weighted by Crippen LogP contribution is -2.43. The Bertz CT molecular complexity index is 252.